The van der Waals surface area contributed by atoms with Crippen LogP contribution >= 0.6 is 0 Å². The SMILES string of the molecule is COc1ccc(OC)c2c1C(=O)c1c(O)c3c(c(O)c1C2=O)CC(=O)CC3. The number of Topliss-reactive ketones (excluding diaryl/α,β-unsaturated/α-hetero) is 1. The van der Waals surface area contributed by atoms with Crippen LogP contribution in [0.3, 0.4) is 0 Å². The second-order valence-corrected chi connectivity index (χ2v) is 6.50. The quantitative estimate of drug-likeness (QED) is 0.665. The highest BCUT2D eigenvalue weighted by atomic mass is 16.5. The van der Waals surface area contributed by atoms with Crippen LogP contribution in [-0.4, -0.2) is 41.8 Å². The third-order valence-electron chi connectivity index (χ3n) is 5.16. The fourth-order valence-corrected chi connectivity index (χ4v) is 3.88. The van der Waals surface area contributed by atoms with Gasteiger partial charge in [-0.05, 0) is 18.6 Å². The summed E-state index contributed by atoms with van der Waals surface area (Å²) in [5.74, 6) is -1.87. The van der Waals surface area contributed by atoms with Crippen LogP contribution in [0, 0.1) is 0 Å². The van der Waals surface area contributed by atoms with Crippen molar-refractivity contribution >= 4 is 17.3 Å². The van der Waals surface area contributed by atoms with Crippen molar-refractivity contribution in [2.75, 3.05) is 14.2 Å². The lowest BCUT2D eigenvalue weighted by Crippen LogP contribution is -2.25. The van der Waals surface area contributed by atoms with Gasteiger partial charge in [0, 0.05) is 24.0 Å². The first kappa shape index (κ1) is 17.1. The van der Waals surface area contributed by atoms with Gasteiger partial charge in [-0.15, -0.1) is 0 Å². The molecule has 27 heavy (non-hydrogen) atoms. The smallest absolute Gasteiger partial charge is 0.202 e. The molecule has 0 radical (unpaired) electrons. The molecule has 7 heteroatoms. The summed E-state index contributed by atoms with van der Waals surface area (Å²) in [6.07, 6.45) is 0.310. The molecule has 0 aromatic heterocycles. The summed E-state index contributed by atoms with van der Waals surface area (Å²) < 4.78 is 10.4. The lowest BCUT2D eigenvalue weighted by atomic mass is 9.77. The van der Waals surface area contributed by atoms with E-state index in [9.17, 15) is 24.6 Å². The zero-order valence-electron chi connectivity index (χ0n) is 14.7. The Hall–Kier alpha value is -3.35. The minimum absolute atomic E-state index is 0.0177. The summed E-state index contributed by atoms with van der Waals surface area (Å²) in [5.41, 5.74) is -0.0806. The Morgan fingerprint density at radius 2 is 1.22 bits per heavy atom. The topological polar surface area (TPSA) is 110 Å². The van der Waals surface area contributed by atoms with Crippen LogP contribution in [-0.2, 0) is 17.6 Å². The molecule has 0 saturated carbocycles. The van der Waals surface area contributed by atoms with E-state index in [4.69, 9.17) is 9.47 Å². The minimum atomic E-state index is -0.663. The van der Waals surface area contributed by atoms with E-state index in [-0.39, 0.29) is 70.1 Å². The Labute approximate surface area is 154 Å². The number of rotatable bonds is 2. The monoisotopic (exact) mass is 368 g/mol. The minimum Gasteiger partial charge on any atom is -0.507 e. The van der Waals surface area contributed by atoms with Gasteiger partial charge in [-0.3, -0.25) is 14.4 Å². The Balaban J connectivity index is 2.09. The zero-order valence-corrected chi connectivity index (χ0v) is 14.7. The van der Waals surface area contributed by atoms with Crippen molar-refractivity contribution in [2.45, 2.75) is 19.3 Å². The molecule has 0 unspecified atom stereocenters. The third-order valence-corrected chi connectivity index (χ3v) is 5.16. The summed E-state index contributed by atoms with van der Waals surface area (Å²) >= 11 is 0. The zero-order chi connectivity index (χ0) is 19.5. The molecule has 138 valence electrons. The Morgan fingerprint density at radius 3 is 1.70 bits per heavy atom. The van der Waals surface area contributed by atoms with Gasteiger partial charge in [0.15, 0.2) is 0 Å². The number of benzene rings is 2. The number of carbonyl (C=O) groups excluding carboxylic acids is 3. The number of phenolic OH excluding ortho intramolecular Hbond substituents is 2. The van der Waals surface area contributed by atoms with Crippen molar-refractivity contribution < 1.29 is 34.1 Å². The summed E-state index contributed by atoms with van der Waals surface area (Å²) in [7, 11) is 2.73. The summed E-state index contributed by atoms with van der Waals surface area (Å²) in [4.78, 5) is 38.2. The molecule has 2 aliphatic carbocycles. The Morgan fingerprint density at radius 1 is 0.741 bits per heavy atom. The number of hydrogen-bond donors (Lipinski definition) is 2. The average Bonchev–Trinajstić information content (AvgIpc) is 2.67. The number of methoxy groups -OCH3 is 2. The number of aromatic hydroxyl groups is 2. The summed E-state index contributed by atoms with van der Waals surface area (Å²) in [6, 6.07) is 2.99. The van der Waals surface area contributed by atoms with Crippen molar-refractivity contribution in [3.8, 4) is 23.0 Å². The van der Waals surface area contributed by atoms with Gasteiger partial charge in [0.25, 0.3) is 0 Å². The molecule has 0 heterocycles. The van der Waals surface area contributed by atoms with Crippen LogP contribution in [0.4, 0.5) is 0 Å². The average molecular weight is 368 g/mol. The number of ether oxygens (including phenoxy) is 2. The molecular weight excluding hydrogens is 352 g/mol. The van der Waals surface area contributed by atoms with Gasteiger partial charge >= 0.3 is 0 Å². The van der Waals surface area contributed by atoms with E-state index >= 15 is 0 Å². The molecule has 0 saturated heterocycles. The highest BCUT2D eigenvalue weighted by Gasteiger charge is 2.41. The van der Waals surface area contributed by atoms with Crippen LogP contribution in [0.5, 0.6) is 23.0 Å². The van der Waals surface area contributed by atoms with Crippen molar-refractivity contribution in [1.29, 1.82) is 0 Å². The molecule has 2 N–H and O–H groups in total. The Bertz CT molecular complexity index is 1050. The predicted octanol–water partition coefficient (Wildman–Crippen LogP) is 1.95. The van der Waals surface area contributed by atoms with Crippen molar-refractivity contribution in [3.05, 3.63) is 45.5 Å². The van der Waals surface area contributed by atoms with E-state index in [1.165, 1.54) is 26.4 Å². The molecule has 0 bridgehead atoms. The van der Waals surface area contributed by atoms with Gasteiger partial charge in [-0.25, -0.2) is 0 Å². The van der Waals surface area contributed by atoms with Crippen LogP contribution < -0.4 is 9.47 Å². The number of hydrogen-bond acceptors (Lipinski definition) is 7. The highest BCUT2D eigenvalue weighted by Crippen LogP contribution is 2.47. The molecule has 2 aromatic rings. The number of carbonyl (C=O) groups is 3. The van der Waals surface area contributed by atoms with Gasteiger partial charge in [-0.2, -0.15) is 0 Å². The van der Waals surface area contributed by atoms with Crippen LogP contribution in [0.25, 0.3) is 0 Å². The molecule has 7 nitrogen and oxygen atoms in total. The fourth-order valence-electron chi connectivity index (χ4n) is 3.88. The number of ketones is 3. The maximum atomic E-state index is 13.2. The molecular formula is C20H16O7. The second kappa shape index (κ2) is 5.84. The highest BCUT2D eigenvalue weighted by molar-refractivity contribution is 6.32. The molecule has 0 spiro atoms. The molecule has 0 fully saturated rings. The van der Waals surface area contributed by atoms with Crippen molar-refractivity contribution in [1.82, 2.24) is 0 Å². The van der Waals surface area contributed by atoms with Crippen LogP contribution in [0.2, 0.25) is 0 Å². The summed E-state index contributed by atoms with van der Waals surface area (Å²) in [6.45, 7) is 0. The van der Waals surface area contributed by atoms with Gasteiger partial charge in [0.05, 0.1) is 36.5 Å². The van der Waals surface area contributed by atoms with Gasteiger partial charge in [-0.1, -0.05) is 0 Å². The molecule has 0 atom stereocenters. The molecule has 2 aromatic carbocycles. The van der Waals surface area contributed by atoms with E-state index in [1.807, 2.05) is 0 Å². The van der Waals surface area contributed by atoms with E-state index in [0.717, 1.165) is 0 Å². The molecule has 2 aliphatic rings. The standard InChI is InChI=1S/C20H16O7/c1-26-11-5-6-12(27-2)14-13(11)19(24)15-16(20(14)25)18(23)10-7-8(21)3-4-9(10)17(15)22/h5-6,22-23H,3-4,7H2,1-2H3. The van der Waals surface area contributed by atoms with Gasteiger partial charge in [0.1, 0.15) is 28.8 Å². The van der Waals surface area contributed by atoms with Crippen LogP contribution in [0.15, 0.2) is 12.1 Å². The predicted molar refractivity (Wildman–Crippen MR) is 93.2 cm³/mol. The number of fused-ring (bicyclic) bond motifs is 3. The van der Waals surface area contributed by atoms with E-state index in [2.05, 4.69) is 0 Å². The van der Waals surface area contributed by atoms with Crippen molar-refractivity contribution in [2.24, 2.45) is 0 Å². The van der Waals surface area contributed by atoms with Gasteiger partial charge in [0.2, 0.25) is 11.6 Å². The van der Waals surface area contributed by atoms with Gasteiger partial charge < -0.3 is 19.7 Å². The third kappa shape index (κ3) is 2.17. The van der Waals surface area contributed by atoms with E-state index in [0.29, 0.717) is 5.56 Å². The van der Waals surface area contributed by atoms with E-state index in [1.54, 1.807) is 0 Å². The molecule has 0 aliphatic heterocycles. The lowest BCUT2D eigenvalue weighted by Gasteiger charge is -2.27. The Kier molecular flexibility index (Phi) is 3.69. The first-order valence-electron chi connectivity index (χ1n) is 8.36. The fraction of sp³-hybridized carbons (Fsp3) is 0.250. The lowest BCUT2D eigenvalue weighted by molar-refractivity contribution is -0.118. The second-order valence-electron chi connectivity index (χ2n) is 6.50. The number of phenols is 2. The van der Waals surface area contributed by atoms with Crippen LogP contribution in [0.1, 0.15) is 49.4 Å². The molecule has 0 amide bonds. The maximum absolute atomic E-state index is 13.2. The van der Waals surface area contributed by atoms with Crippen molar-refractivity contribution in [3.63, 3.8) is 0 Å². The summed E-state index contributed by atoms with van der Waals surface area (Å²) in [5, 5.41) is 21.4. The first-order chi connectivity index (χ1) is 12.9. The normalized spacial score (nSPS) is 15.1. The molecule has 4 rings (SSSR count). The maximum Gasteiger partial charge on any atom is 0.202 e. The van der Waals surface area contributed by atoms with E-state index < -0.39 is 17.3 Å². The first-order valence-corrected chi connectivity index (χ1v) is 8.36. The largest absolute Gasteiger partial charge is 0.507 e.